The molecule has 0 amide bonds. The highest BCUT2D eigenvalue weighted by Crippen LogP contribution is 2.40. The highest BCUT2D eigenvalue weighted by Gasteiger charge is 2.16. The minimum Gasteiger partial charge on any atom is -0.452 e. The van der Waals surface area contributed by atoms with E-state index in [1.54, 1.807) is 0 Å². The molecule has 9 aromatic rings. The lowest BCUT2D eigenvalue weighted by Gasteiger charge is -2.07. The Hall–Kier alpha value is -5.61. The molecular formula is C37H22N2O2. The number of hydrogen-bond donors (Lipinski definition) is 0. The van der Waals surface area contributed by atoms with Gasteiger partial charge >= 0.3 is 0 Å². The molecule has 0 radical (unpaired) electrons. The number of pyridine rings is 1. The maximum absolute atomic E-state index is 6.35. The molecule has 0 unspecified atom stereocenters. The summed E-state index contributed by atoms with van der Waals surface area (Å²) in [6.45, 7) is 0. The Morgan fingerprint density at radius 1 is 0.463 bits per heavy atom. The van der Waals surface area contributed by atoms with Crippen LogP contribution in [0.3, 0.4) is 0 Å². The van der Waals surface area contributed by atoms with Gasteiger partial charge < -0.3 is 13.2 Å². The molecule has 4 heteroatoms. The predicted octanol–water partition coefficient (Wildman–Crippen LogP) is 10.1. The van der Waals surface area contributed by atoms with Crippen LogP contribution in [0.25, 0.3) is 83.0 Å². The molecule has 0 bridgehead atoms. The van der Waals surface area contributed by atoms with Crippen molar-refractivity contribution in [3.8, 4) is 33.5 Å². The zero-order valence-corrected chi connectivity index (χ0v) is 21.9. The summed E-state index contributed by atoms with van der Waals surface area (Å²) < 4.78 is 14.6. The highest BCUT2D eigenvalue weighted by molar-refractivity contribution is 6.19. The van der Waals surface area contributed by atoms with Gasteiger partial charge in [-0.15, -0.1) is 0 Å². The average Bonchev–Trinajstić information content (AvgIpc) is 3.74. The summed E-state index contributed by atoms with van der Waals surface area (Å²) in [5, 5.41) is 4.33. The molecule has 4 nitrogen and oxygen atoms in total. The fourth-order valence-corrected chi connectivity index (χ4v) is 5.98. The predicted molar refractivity (Wildman–Crippen MR) is 166 cm³/mol. The van der Waals surface area contributed by atoms with Crippen molar-refractivity contribution in [1.82, 2.24) is 9.38 Å². The normalized spacial score (nSPS) is 11.9. The molecule has 0 fully saturated rings. The molecule has 41 heavy (non-hydrogen) atoms. The van der Waals surface area contributed by atoms with Crippen molar-refractivity contribution in [2.75, 3.05) is 0 Å². The SMILES string of the molecule is c1cc(-c2ccc(-c3cn4ccccc4n3)cc2)cc(-c2ccc3oc4c(ccc5c6ccccc6oc54)c3c2)c1. The maximum atomic E-state index is 6.35. The third-order valence-corrected chi connectivity index (χ3v) is 8.06. The van der Waals surface area contributed by atoms with Crippen LogP contribution >= 0.6 is 0 Å². The number of fused-ring (bicyclic) bond motifs is 8. The first-order valence-corrected chi connectivity index (χ1v) is 13.7. The third kappa shape index (κ3) is 3.44. The van der Waals surface area contributed by atoms with Gasteiger partial charge in [-0.25, -0.2) is 4.98 Å². The van der Waals surface area contributed by atoms with Gasteiger partial charge in [0, 0.05) is 39.5 Å². The van der Waals surface area contributed by atoms with Gasteiger partial charge in [0.2, 0.25) is 0 Å². The van der Waals surface area contributed by atoms with Crippen LogP contribution in [-0.4, -0.2) is 9.38 Å². The molecule has 0 aliphatic carbocycles. The van der Waals surface area contributed by atoms with Crippen molar-refractivity contribution in [2.45, 2.75) is 0 Å². The summed E-state index contributed by atoms with van der Waals surface area (Å²) in [7, 11) is 0. The largest absolute Gasteiger partial charge is 0.452 e. The van der Waals surface area contributed by atoms with Crippen LogP contribution in [0.15, 0.2) is 143 Å². The van der Waals surface area contributed by atoms with E-state index in [1.807, 2.05) is 47.0 Å². The number of para-hydroxylation sites is 1. The monoisotopic (exact) mass is 526 g/mol. The van der Waals surface area contributed by atoms with Crippen LogP contribution in [-0.2, 0) is 0 Å². The molecule has 0 aliphatic rings. The number of aromatic nitrogens is 2. The van der Waals surface area contributed by atoms with Crippen molar-refractivity contribution in [3.05, 3.63) is 134 Å². The topological polar surface area (TPSA) is 43.6 Å². The lowest BCUT2D eigenvalue weighted by Crippen LogP contribution is -1.83. The van der Waals surface area contributed by atoms with Gasteiger partial charge in [-0.1, -0.05) is 72.8 Å². The number of nitrogens with zero attached hydrogens (tertiary/aromatic N) is 2. The molecule has 0 aliphatic heterocycles. The molecule has 4 aromatic heterocycles. The van der Waals surface area contributed by atoms with E-state index < -0.39 is 0 Å². The second-order valence-corrected chi connectivity index (χ2v) is 10.5. The van der Waals surface area contributed by atoms with E-state index in [-0.39, 0.29) is 0 Å². The zero-order chi connectivity index (χ0) is 26.9. The second kappa shape index (κ2) is 8.44. The number of furan rings is 2. The Balaban J connectivity index is 1.10. The van der Waals surface area contributed by atoms with Gasteiger partial charge in [-0.3, -0.25) is 0 Å². The Labute approximate surface area is 234 Å². The summed E-state index contributed by atoms with van der Waals surface area (Å²) in [6.07, 6.45) is 4.09. The van der Waals surface area contributed by atoms with Crippen molar-refractivity contribution in [3.63, 3.8) is 0 Å². The van der Waals surface area contributed by atoms with Crippen LogP contribution in [0, 0.1) is 0 Å². The standard InChI is InChI=1S/C37H22N2O2/c1-2-9-33-28(8-1)29-16-17-30-31-21-27(15-18-34(31)41-37(30)36(29)40-33)26-7-5-6-25(20-26)23-11-13-24(14-12-23)32-22-39-19-4-3-10-35(39)38-32/h1-22H. The summed E-state index contributed by atoms with van der Waals surface area (Å²) in [6, 6.07) is 42.2. The van der Waals surface area contributed by atoms with Gasteiger partial charge in [0.1, 0.15) is 16.8 Å². The molecule has 0 atom stereocenters. The van der Waals surface area contributed by atoms with E-state index in [1.165, 1.54) is 11.1 Å². The number of hydrogen-bond acceptors (Lipinski definition) is 3. The van der Waals surface area contributed by atoms with E-state index in [0.717, 1.165) is 71.9 Å². The van der Waals surface area contributed by atoms with E-state index in [9.17, 15) is 0 Å². The van der Waals surface area contributed by atoms with Crippen molar-refractivity contribution in [2.24, 2.45) is 0 Å². The van der Waals surface area contributed by atoms with Crippen LogP contribution < -0.4 is 0 Å². The van der Waals surface area contributed by atoms with E-state index in [4.69, 9.17) is 13.8 Å². The minimum absolute atomic E-state index is 0.797. The zero-order valence-electron chi connectivity index (χ0n) is 21.9. The second-order valence-electron chi connectivity index (χ2n) is 10.5. The molecular weight excluding hydrogens is 504 g/mol. The van der Waals surface area contributed by atoms with Crippen LogP contribution in [0.4, 0.5) is 0 Å². The summed E-state index contributed by atoms with van der Waals surface area (Å²) in [4.78, 5) is 4.76. The van der Waals surface area contributed by atoms with Gasteiger partial charge in [0.25, 0.3) is 0 Å². The molecule has 4 heterocycles. The van der Waals surface area contributed by atoms with E-state index >= 15 is 0 Å². The lowest BCUT2D eigenvalue weighted by atomic mass is 9.97. The molecule has 0 saturated heterocycles. The number of benzene rings is 5. The molecule has 0 saturated carbocycles. The van der Waals surface area contributed by atoms with Crippen molar-refractivity contribution < 1.29 is 8.83 Å². The Morgan fingerprint density at radius 2 is 1.12 bits per heavy atom. The first kappa shape index (κ1) is 22.2. The van der Waals surface area contributed by atoms with E-state index in [0.29, 0.717) is 0 Å². The van der Waals surface area contributed by atoms with Gasteiger partial charge in [0.05, 0.1) is 5.69 Å². The van der Waals surface area contributed by atoms with Crippen LogP contribution in [0.5, 0.6) is 0 Å². The van der Waals surface area contributed by atoms with Crippen LogP contribution in [0.1, 0.15) is 0 Å². The molecule has 192 valence electrons. The first-order chi connectivity index (χ1) is 20.3. The Morgan fingerprint density at radius 3 is 1.95 bits per heavy atom. The first-order valence-electron chi connectivity index (χ1n) is 13.7. The highest BCUT2D eigenvalue weighted by atomic mass is 16.4. The van der Waals surface area contributed by atoms with Gasteiger partial charge in [-0.05, 0) is 70.8 Å². The third-order valence-electron chi connectivity index (χ3n) is 8.06. The van der Waals surface area contributed by atoms with Gasteiger partial charge in [0.15, 0.2) is 11.2 Å². The fraction of sp³-hybridized carbons (Fsp3) is 0. The Kier molecular flexibility index (Phi) is 4.58. The van der Waals surface area contributed by atoms with Crippen LogP contribution in [0.2, 0.25) is 0 Å². The molecule has 5 aromatic carbocycles. The number of imidazole rings is 1. The molecule has 0 N–H and O–H groups in total. The quantitative estimate of drug-likeness (QED) is 0.230. The van der Waals surface area contributed by atoms with E-state index in [2.05, 4.69) is 91.1 Å². The fourth-order valence-electron chi connectivity index (χ4n) is 5.98. The number of rotatable bonds is 3. The molecule has 9 rings (SSSR count). The van der Waals surface area contributed by atoms with Crippen molar-refractivity contribution >= 4 is 49.5 Å². The van der Waals surface area contributed by atoms with Gasteiger partial charge in [-0.2, -0.15) is 0 Å². The Bertz CT molecular complexity index is 2390. The average molecular weight is 527 g/mol. The minimum atomic E-state index is 0.797. The summed E-state index contributed by atoms with van der Waals surface area (Å²) >= 11 is 0. The molecule has 0 spiro atoms. The maximum Gasteiger partial charge on any atom is 0.178 e. The summed E-state index contributed by atoms with van der Waals surface area (Å²) in [5.74, 6) is 0. The summed E-state index contributed by atoms with van der Waals surface area (Å²) in [5.41, 5.74) is 11.0. The van der Waals surface area contributed by atoms with Crippen molar-refractivity contribution in [1.29, 1.82) is 0 Å². The lowest BCUT2D eigenvalue weighted by molar-refractivity contribution is 0.633. The smallest absolute Gasteiger partial charge is 0.178 e.